The van der Waals surface area contributed by atoms with Gasteiger partial charge in [0.05, 0.1) is 16.5 Å². The Hall–Kier alpha value is -8.66. The molecule has 0 atom stereocenters. The van der Waals surface area contributed by atoms with Gasteiger partial charge in [0.25, 0.3) is 0 Å². The van der Waals surface area contributed by atoms with Crippen molar-refractivity contribution in [3.63, 3.8) is 0 Å². The molecule has 0 saturated carbocycles. The molecule has 12 aromatic rings. The molecule has 0 saturated heterocycles. The van der Waals surface area contributed by atoms with Crippen LogP contribution in [-0.2, 0) is 16.2 Å². The fourth-order valence-corrected chi connectivity index (χ4v) is 13.1. The third kappa shape index (κ3) is 7.85. The van der Waals surface area contributed by atoms with Crippen molar-refractivity contribution in [2.45, 2.75) is 85.5 Å². The van der Waals surface area contributed by atoms with Gasteiger partial charge in [0.2, 0.25) is 0 Å². The van der Waals surface area contributed by atoms with Gasteiger partial charge in [0.1, 0.15) is 11.2 Å². The molecule has 0 radical (unpaired) electrons. The molecule has 0 bridgehead atoms. The van der Waals surface area contributed by atoms with Gasteiger partial charge in [-0.05, 0) is 194 Å². The van der Waals surface area contributed by atoms with Gasteiger partial charge in [-0.3, -0.25) is 0 Å². The van der Waals surface area contributed by atoms with Gasteiger partial charge in [-0.25, -0.2) is 0 Å². The van der Waals surface area contributed by atoms with E-state index in [-0.39, 0.29) is 10.8 Å². The Morgan fingerprint density at radius 2 is 0.821 bits per heavy atom. The number of anilines is 6. The number of rotatable bonds is 8. The lowest BCUT2D eigenvalue weighted by atomic mass is 9.66. The molecular formula is C75H66N2O. The monoisotopic (exact) mass is 1010 g/mol. The van der Waals surface area contributed by atoms with Crippen LogP contribution in [0.25, 0.3) is 54.6 Å². The molecule has 0 spiro atoms. The van der Waals surface area contributed by atoms with Gasteiger partial charge < -0.3 is 14.2 Å². The van der Waals surface area contributed by atoms with Crippen LogP contribution in [0.5, 0.6) is 0 Å². The summed E-state index contributed by atoms with van der Waals surface area (Å²) in [5.74, 6) is 0. The zero-order valence-electron chi connectivity index (χ0n) is 46.6. The van der Waals surface area contributed by atoms with Crippen LogP contribution >= 0.6 is 0 Å². The van der Waals surface area contributed by atoms with E-state index in [9.17, 15) is 0 Å². The van der Waals surface area contributed by atoms with E-state index in [1.807, 2.05) is 0 Å². The highest BCUT2D eigenvalue weighted by atomic mass is 16.3. The van der Waals surface area contributed by atoms with Gasteiger partial charge >= 0.3 is 0 Å². The van der Waals surface area contributed by atoms with Gasteiger partial charge in [-0.2, -0.15) is 0 Å². The smallest absolute Gasteiger partial charge is 0.145 e. The summed E-state index contributed by atoms with van der Waals surface area (Å²) in [6.45, 7) is 22.5. The van der Waals surface area contributed by atoms with Gasteiger partial charge in [0, 0.05) is 39.4 Å². The van der Waals surface area contributed by atoms with Crippen molar-refractivity contribution >= 4 is 77.6 Å². The van der Waals surface area contributed by atoms with Crippen LogP contribution in [0.1, 0.15) is 97.2 Å². The van der Waals surface area contributed by atoms with Gasteiger partial charge in [-0.1, -0.05) is 187 Å². The van der Waals surface area contributed by atoms with E-state index in [0.717, 1.165) is 61.6 Å². The first kappa shape index (κ1) is 48.9. The van der Waals surface area contributed by atoms with E-state index in [4.69, 9.17) is 4.42 Å². The number of furan rings is 1. The maximum absolute atomic E-state index is 7.52. The van der Waals surface area contributed by atoms with E-state index in [1.165, 1.54) is 82.7 Å². The third-order valence-electron chi connectivity index (χ3n) is 16.5. The second-order valence-corrected chi connectivity index (χ2v) is 24.1. The fraction of sp³-hybridized carbons (Fsp3) is 0.173. The largest absolute Gasteiger partial charge is 0.455 e. The van der Waals surface area contributed by atoms with Gasteiger partial charge in [0.15, 0.2) is 0 Å². The van der Waals surface area contributed by atoms with Crippen molar-refractivity contribution in [1.82, 2.24) is 0 Å². The standard InChI is InChI=1S/C75H66N2O/c1-47-39-48(2)42-58(41-47)76(55-33-29-51(30-34-55)73(5,6)7)57-37-38-62-64(45-57)60-25-17-18-26-61(60)69-70-65(75(71(62)69,53-21-13-11-14-22-53)54-23-15-12-16-24-54)46-66(68-63-27-19-20-28-67(63)78-72(68)70)77(59-43-49(3)40-50(4)44-59)56-35-31-52(32-36-56)74(8,9)10/h11-46H,1-10H3. The highest BCUT2D eigenvalue weighted by molar-refractivity contribution is 6.26. The molecule has 0 N–H and O–H groups in total. The summed E-state index contributed by atoms with van der Waals surface area (Å²) in [6, 6.07) is 82.4. The lowest BCUT2D eigenvalue weighted by Gasteiger charge is -2.36. The average Bonchev–Trinajstić information content (AvgIpc) is 4.17. The van der Waals surface area contributed by atoms with Crippen LogP contribution in [0.3, 0.4) is 0 Å². The highest BCUT2D eigenvalue weighted by Gasteiger charge is 2.50. The molecule has 1 aliphatic carbocycles. The van der Waals surface area contributed by atoms with Crippen LogP contribution in [0, 0.1) is 27.7 Å². The van der Waals surface area contributed by atoms with Crippen molar-refractivity contribution in [2.24, 2.45) is 0 Å². The van der Waals surface area contributed by atoms with Crippen LogP contribution in [-0.4, -0.2) is 0 Å². The zero-order chi connectivity index (χ0) is 53.8. The second kappa shape index (κ2) is 18.2. The van der Waals surface area contributed by atoms with Crippen molar-refractivity contribution in [3.05, 3.63) is 274 Å². The van der Waals surface area contributed by atoms with Gasteiger partial charge in [-0.15, -0.1) is 0 Å². The first-order valence-corrected chi connectivity index (χ1v) is 27.6. The molecule has 13 rings (SSSR count). The molecule has 1 aromatic heterocycles. The molecule has 0 amide bonds. The molecule has 0 aliphatic heterocycles. The number of hydrogen-bond donors (Lipinski definition) is 0. The third-order valence-corrected chi connectivity index (χ3v) is 16.5. The van der Waals surface area contributed by atoms with Crippen LogP contribution < -0.4 is 9.80 Å². The number of para-hydroxylation sites is 1. The topological polar surface area (TPSA) is 19.6 Å². The normalized spacial score (nSPS) is 13.1. The number of fused-ring (bicyclic) bond motifs is 12. The second-order valence-electron chi connectivity index (χ2n) is 24.1. The molecule has 0 unspecified atom stereocenters. The summed E-state index contributed by atoms with van der Waals surface area (Å²) in [5, 5.41) is 6.97. The number of nitrogens with zero attached hydrogens (tertiary/aromatic N) is 2. The summed E-state index contributed by atoms with van der Waals surface area (Å²) < 4.78 is 7.52. The molecule has 1 aliphatic rings. The molecule has 3 heteroatoms. The van der Waals surface area contributed by atoms with E-state index in [2.05, 4.69) is 297 Å². The van der Waals surface area contributed by atoms with E-state index in [0.29, 0.717) is 0 Å². The Balaban J connectivity index is 1.19. The zero-order valence-corrected chi connectivity index (χ0v) is 46.6. The average molecular weight is 1010 g/mol. The lowest BCUT2D eigenvalue weighted by molar-refractivity contribution is 0.590. The van der Waals surface area contributed by atoms with Crippen LogP contribution in [0.2, 0.25) is 0 Å². The quantitative estimate of drug-likeness (QED) is 0.141. The first-order valence-electron chi connectivity index (χ1n) is 27.6. The minimum atomic E-state index is -0.806. The fourth-order valence-electron chi connectivity index (χ4n) is 13.1. The van der Waals surface area contributed by atoms with E-state index in [1.54, 1.807) is 0 Å². The Morgan fingerprint density at radius 1 is 0.359 bits per heavy atom. The lowest BCUT2D eigenvalue weighted by Crippen LogP contribution is -2.29. The number of benzene rings is 11. The molecule has 3 nitrogen and oxygen atoms in total. The van der Waals surface area contributed by atoms with Crippen LogP contribution in [0.15, 0.2) is 223 Å². The predicted molar refractivity (Wildman–Crippen MR) is 332 cm³/mol. The van der Waals surface area contributed by atoms with Crippen molar-refractivity contribution in [3.8, 4) is 11.1 Å². The number of hydrogen-bond acceptors (Lipinski definition) is 3. The number of aryl methyl sites for hydroxylation is 4. The summed E-state index contributed by atoms with van der Waals surface area (Å²) in [7, 11) is 0. The highest BCUT2D eigenvalue weighted by Crippen LogP contribution is 2.64. The van der Waals surface area contributed by atoms with Crippen molar-refractivity contribution < 1.29 is 4.42 Å². The predicted octanol–water partition coefficient (Wildman–Crippen LogP) is 21.0. The Morgan fingerprint density at radius 3 is 1.36 bits per heavy atom. The van der Waals surface area contributed by atoms with E-state index < -0.39 is 5.41 Å². The van der Waals surface area contributed by atoms with Crippen molar-refractivity contribution in [2.75, 3.05) is 9.80 Å². The molecular weight excluding hydrogens is 945 g/mol. The Bertz CT molecular complexity index is 4220. The Kier molecular flexibility index (Phi) is 11.4. The molecule has 78 heavy (non-hydrogen) atoms. The van der Waals surface area contributed by atoms with E-state index >= 15 is 0 Å². The minimum Gasteiger partial charge on any atom is -0.455 e. The maximum atomic E-state index is 7.52. The summed E-state index contributed by atoms with van der Waals surface area (Å²) >= 11 is 0. The summed E-state index contributed by atoms with van der Waals surface area (Å²) in [4.78, 5) is 4.95. The molecule has 0 fully saturated rings. The Labute approximate surface area is 460 Å². The molecule has 382 valence electrons. The van der Waals surface area contributed by atoms with Crippen molar-refractivity contribution in [1.29, 1.82) is 0 Å². The summed E-state index contributed by atoms with van der Waals surface area (Å²) in [6.07, 6.45) is 0. The maximum Gasteiger partial charge on any atom is 0.145 e. The first-order chi connectivity index (χ1) is 37.6. The molecule has 11 aromatic carbocycles. The van der Waals surface area contributed by atoms with Crippen LogP contribution in [0.4, 0.5) is 34.1 Å². The minimum absolute atomic E-state index is 0.0104. The molecule has 1 heterocycles. The summed E-state index contributed by atoms with van der Waals surface area (Å²) in [5.41, 5.74) is 22.2. The SMILES string of the molecule is Cc1cc(C)cc(N(c2ccc(C(C)(C)C)cc2)c2ccc3c4c(c5ccccc5c3c2)-c2c(cc(N(c3ccc(C(C)(C)C)cc3)c3cc(C)cc(C)c3)c3c2oc2ccccc23)C4(c2ccccc2)c2ccccc2)c1.